The van der Waals surface area contributed by atoms with E-state index in [-0.39, 0.29) is 0 Å². The summed E-state index contributed by atoms with van der Waals surface area (Å²) >= 11 is 0. The minimum absolute atomic E-state index is 0.679. The second-order valence-corrected chi connectivity index (χ2v) is 7.78. The largest absolute Gasteiger partial charge is 0.378 e. The zero-order valence-electron chi connectivity index (χ0n) is 17.6. The average Bonchev–Trinajstić information content (AvgIpc) is 3.31. The maximum absolute atomic E-state index is 5.52. The van der Waals surface area contributed by atoms with Crippen molar-refractivity contribution < 1.29 is 4.74 Å². The van der Waals surface area contributed by atoms with Crippen molar-refractivity contribution in [2.24, 2.45) is 0 Å². The van der Waals surface area contributed by atoms with Crippen LogP contribution in [0, 0.1) is 6.92 Å². The highest BCUT2D eigenvalue weighted by atomic mass is 16.5. The second kappa shape index (κ2) is 8.70. The molecule has 1 saturated heterocycles. The third-order valence-corrected chi connectivity index (χ3v) is 5.42. The molecule has 2 aromatic carbocycles. The van der Waals surface area contributed by atoms with E-state index in [1.807, 2.05) is 41.2 Å². The molecule has 0 aliphatic carbocycles. The molecule has 0 radical (unpaired) electrons. The summed E-state index contributed by atoms with van der Waals surface area (Å²) in [6, 6.07) is 22.8. The zero-order valence-corrected chi connectivity index (χ0v) is 17.6. The molecule has 31 heavy (non-hydrogen) atoms. The molecule has 156 valence electrons. The summed E-state index contributed by atoms with van der Waals surface area (Å²) in [6.45, 7) is 5.18. The third-order valence-electron chi connectivity index (χ3n) is 5.42. The normalized spacial score (nSPS) is 14.0. The lowest BCUT2D eigenvalue weighted by molar-refractivity contribution is 0.122. The molecule has 6 nitrogen and oxygen atoms in total. The zero-order chi connectivity index (χ0) is 21.0. The Kier molecular flexibility index (Phi) is 5.46. The molecule has 0 atom stereocenters. The first-order chi connectivity index (χ1) is 15.2. The first kappa shape index (κ1) is 19.5. The number of morpholine rings is 1. The van der Waals surface area contributed by atoms with Gasteiger partial charge in [-0.1, -0.05) is 54.1 Å². The molecule has 6 heteroatoms. The fourth-order valence-corrected chi connectivity index (χ4v) is 3.81. The van der Waals surface area contributed by atoms with Gasteiger partial charge >= 0.3 is 0 Å². The van der Waals surface area contributed by atoms with Gasteiger partial charge in [0.1, 0.15) is 11.6 Å². The van der Waals surface area contributed by atoms with Gasteiger partial charge in [-0.15, -0.1) is 0 Å². The highest BCUT2D eigenvalue weighted by molar-refractivity contribution is 5.60. The van der Waals surface area contributed by atoms with Gasteiger partial charge in [-0.25, -0.2) is 14.6 Å². The quantitative estimate of drug-likeness (QED) is 0.496. The Morgan fingerprint density at radius 1 is 0.871 bits per heavy atom. The van der Waals surface area contributed by atoms with Crippen molar-refractivity contribution in [3.05, 3.63) is 89.9 Å². The number of hydrogen-bond donors (Lipinski definition) is 0. The number of hydrogen-bond acceptors (Lipinski definition) is 5. The van der Waals surface area contributed by atoms with E-state index >= 15 is 0 Å². The standard InChI is InChI=1S/C25H25N5O/c1-19-6-5-9-21(16-19)22-10-11-30(28-22)25-18-24(29-12-14-31-15-13-29)26-23(27-25)17-20-7-3-2-4-8-20/h2-11,16,18H,12-15,17H2,1H3. The summed E-state index contributed by atoms with van der Waals surface area (Å²) in [5.74, 6) is 2.49. The molecule has 0 amide bonds. The van der Waals surface area contributed by atoms with Crippen molar-refractivity contribution in [1.29, 1.82) is 0 Å². The van der Waals surface area contributed by atoms with Gasteiger partial charge in [0.25, 0.3) is 0 Å². The minimum atomic E-state index is 0.679. The Bertz CT molecular complexity index is 1170. The highest BCUT2D eigenvalue weighted by Gasteiger charge is 2.16. The van der Waals surface area contributed by atoms with Crippen molar-refractivity contribution in [3.63, 3.8) is 0 Å². The molecule has 1 aliphatic heterocycles. The van der Waals surface area contributed by atoms with Gasteiger partial charge in [0, 0.05) is 37.3 Å². The van der Waals surface area contributed by atoms with Crippen LogP contribution in [0.1, 0.15) is 17.0 Å². The van der Waals surface area contributed by atoms with Crippen molar-refractivity contribution in [1.82, 2.24) is 19.7 Å². The summed E-state index contributed by atoms with van der Waals surface area (Å²) < 4.78 is 7.37. The van der Waals surface area contributed by atoms with E-state index in [4.69, 9.17) is 19.8 Å². The Morgan fingerprint density at radius 3 is 2.48 bits per heavy atom. The molecule has 0 spiro atoms. The van der Waals surface area contributed by atoms with Crippen molar-refractivity contribution in [2.45, 2.75) is 13.3 Å². The van der Waals surface area contributed by atoms with Crippen LogP contribution >= 0.6 is 0 Å². The second-order valence-electron chi connectivity index (χ2n) is 7.78. The molecule has 5 rings (SSSR count). The smallest absolute Gasteiger partial charge is 0.159 e. The topological polar surface area (TPSA) is 56.1 Å². The first-order valence-corrected chi connectivity index (χ1v) is 10.6. The van der Waals surface area contributed by atoms with E-state index in [1.54, 1.807) is 0 Å². The lowest BCUT2D eigenvalue weighted by Crippen LogP contribution is -2.37. The van der Waals surface area contributed by atoms with Gasteiger partial charge in [-0.2, -0.15) is 5.10 Å². The van der Waals surface area contributed by atoms with Gasteiger partial charge in [0.15, 0.2) is 5.82 Å². The fraction of sp³-hybridized carbons (Fsp3) is 0.240. The lowest BCUT2D eigenvalue weighted by Gasteiger charge is -2.28. The van der Waals surface area contributed by atoms with E-state index in [9.17, 15) is 0 Å². The molecule has 2 aromatic heterocycles. The van der Waals surface area contributed by atoms with Crippen molar-refractivity contribution in [3.8, 4) is 17.1 Å². The van der Waals surface area contributed by atoms with Crippen LogP contribution in [0.4, 0.5) is 5.82 Å². The van der Waals surface area contributed by atoms with Crippen LogP contribution in [0.15, 0.2) is 72.9 Å². The van der Waals surface area contributed by atoms with E-state index in [0.29, 0.717) is 19.6 Å². The molecule has 0 unspecified atom stereocenters. The molecule has 4 aromatic rings. The highest BCUT2D eigenvalue weighted by Crippen LogP contribution is 2.22. The van der Waals surface area contributed by atoms with Crippen LogP contribution in [0.3, 0.4) is 0 Å². The molecular weight excluding hydrogens is 386 g/mol. The fourth-order valence-electron chi connectivity index (χ4n) is 3.81. The minimum Gasteiger partial charge on any atom is -0.378 e. The Balaban J connectivity index is 1.52. The number of aryl methyl sites for hydroxylation is 1. The first-order valence-electron chi connectivity index (χ1n) is 10.6. The number of rotatable bonds is 5. The molecule has 0 N–H and O–H groups in total. The van der Waals surface area contributed by atoms with Crippen LogP contribution in [0.25, 0.3) is 17.1 Å². The van der Waals surface area contributed by atoms with Gasteiger partial charge in [-0.05, 0) is 24.6 Å². The Hall–Kier alpha value is -3.51. The van der Waals surface area contributed by atoms with Crippen LogP contribution < -0.4 is 4.90 Å². The van der Waals surface area contributed by atoms with Crippen molar-refractivity contribution in [2.75, 3.05) is 31.2 Å². The number of aromatic nitrogens is 4. The predicted molar refractivity (Wildman–Crippen MR) is 122 cm³/mol. The van der Waals surface area contributed by atoms with Crippen LogP contribution in [0.5, 0.6) is 0 Å². The van der Waals surface area contributed by atoms with E-state index in [1.165, 1.54) is 11.1 Å². The molecule has 1 fully saturated rings. The summed E-state index contributed by atoms with van der Waals surface area (Å²) in [5, 5.41) is 4.81. The summed E-state index contributed by atoms with van der Waals surface area (Å²) in [5.41, 5.74) is 4.44. The molecule has 0 saturated carbocycles. The summed E-state index contributed by atoms with van der Waals surface area (Å²) in [4.78, 5) is 12.0. The van der Waals surface area contributed by atoms with Gasteiger partial charge in [-0.3, -0.25) is 0 Å². The SMILES string of the molecule is Cc1cccc(-c2ccn(-c3cc(N4CCOCC4)nc(Cc4ccccc4)n3)n2)c1. The lowest BCUT2D eigenvalue weighted by atomic mass is 10.1. The predicted octanol–water partition coefficient (Wildman–Crippen LogP) is 4.07. The van der Waals surface area contributed by atoms with Crippen LogP contribution in [-0.2, 0) is 11.2 Å². The van der Waals surface area contributed by atoms with E-state index in [0.717, 1.165) is 41.8 Å². The molecule has 1 aliphatic rings. The maximum Gasteiger partial charge on any atom is 0.159 e. The third kappa shape index (κ3) is 4.49. The van der Waals surface area contributed by atoms with Crippen LogP contribution in [-0.4, -0.2) is 46.1 Å². The number of anilines is 1. The number of nitrogens with zero attached hydrogens (tertiary/aromatic N) is 5. The average molecular weight is 412 g/mol. The van der Waals surface area contributed by atoms with Gasteiger partial charge < -0.3 is 9.64 Å². The number of ether oxygens (including phenoxy) is 1. The Morgan fingerprint density at radius 2 is 1.68 bits per heavy atom. The number of benzene rings is 2. The molecule has 3 heterocycles. The summed E-state index contributed by atoms with van der Waals surface area (Å²) in [7, 11) is 0. The van der Waals surface area contributed by atoms with Gasteiger partial charge in [0.2, 0.25) is 0 Å². The monoisotopic (exact) mass is 411 g/mol. The molecular formula is C25H25N5O. The van der Waals surface area contributed by atoms with E-state index in [2.05, 4.69) is 48.2 Å². The maximum atomic E-state index is 5.52. The Labute approximate surface area is 182 Å². The van der Waals surface area contributed by atoms with Crippen LogP contribution in [0.2, 0.25) is 0 Å². The van der Waals surface area contributed by atoms with E-state index < -0.39 is 0 Å². The molecule has 0 bridgehead atoms. The van der Waals surface area contributed by atoms with Gasteiger partial charge in [0.05, 0.1) is 18.9 Å². The summed E-state index contributed by atoms with van der Waals surface area (Å²) in [6.07, 6.45) is 2.65. The van der Waals surface area contributed by atoms with Crippen molar-refractivity contribution >= 4 is 5.82 Å².